The third kappa shape index (κ3) is 2.84. The van der Waals surface area contributed by atoms with Crippen LogP contribution in [0.15, 0.2) is 6.20 Å². The molecule has 0 amide bonds. The first kappa shape index (κ1) is 12.5. The molecule has 1 saturated heterocycles. The van der Waals surface area contributed by atoms with Crippen LogP contribution in [0.1, 0.15) is 31.9 Å². The van der Waals surface area contributed by atoms with Crippen molar-refractivity contribution in [2.45, 2.75) is 44.2 Å². The lowest BCUT2D eigenvalue weighted by Gasteiger charge is -2.40. The Morgan fingerprint density at radius 1 is 1.59 bits per heavy atom. The summed E-state index contributed by atoms with van der Waals surface area (Å²) in [5, 5.41) is 11.5. The number of nitrogens with one attached hydrogen (secondary N) is 1. The van der Waals surface area contributed by atoms with Gasteiger partial charge in [-0.2, -0.15) is 0 Å². The number of hydrogen-bond acceptors (Lipinski definition) is 4. The molecule has 0 spiro atoms. The fourth-order valence-corrected chi connectivity index (χ4v) is 2.55. The van der Waals surface area contributed by atoms with Gasteiger partial charge >= 0.3 is 0 Å². The Kier molecular flexibility index (Phi) is 3.79. The van der Waals surface area contributed by atoms with Gasteiger partial charge in [0.25, 0.3) is 0 Å². The molecule has 2 unspecified atom stereocenters. The molecule has 2 atom stereocenters. The third-order valence-electron chi connectivity index (χ3n) is 3.65. The molecule has 1 fully saturated rings. The summed E-state index contributed by atoms with van der Waals surface area (Å²) in [6.45, 7) is 3.07. The largest absolute Gasteiger partial charge is 0.374 e. The van der Waals surface area contributed by atoms with Crippen LogP contribution in [0.2, 0.25) is 0 Å². The molecule has 0 saturated carbocycles. The number of likely N-dealkylation sites (N-methyl/N-ethyl adjacent to an activating group) is 1. The van der Waals surface area contributed by atoms with Gasteiger partial charge in [0.2, 0.25) is 0 Å². The zero-order valence-electron chi connectivity index (χ0n) is 10.9. The second-order valence-corrected chi connectivity index (χ2v) is 5.05. The van der Waals surface area contributed by atoms with E-state index in [-0.39, 0.29) is 5.60 Å². The number of nitrogens with zero attached hydrogens (tertiary/aromatic N) is 3. The third-order valence-corrected chi connectivity index (χ3v) is 3.65. The van der Waals surface area contributed by atoms with Crippen molar-refractivity contribution in [2.75, 3.05) is 13.7 Å². The van der Waals surface area contributed by atoms with Crippen molar-refractivity contribution in [2.24, 2.45) is 7.05 Å². The van der Waals surface area contributed by atoms with Crippen LogP contribution in [0.5, 0.6) is 0 Å². The molecule has 2 heterocycles. The molecule has 5 nitrogen and oxygen atoms in total. The summed E-state index contributed by atoms with van der Waals surface area (Å²) in [4.78, 5) is 0. The van der Waals surface area contributed by atoms with Gasteiger partial charge in [-0.3, -0.25) is 4.68 Å². The van der Waals surface area contributed by atoms with Gasteiger partial charge in [0, 0.05) is 32.3 Å². The van der Waals surface area contributed by atoms with E-state index in [2.05, 4.69) is 22.6 Å². The Bertz CT molecular complexity index is 357. The van der Waals surface area contributed by atoms with Gasteiger partial charge < -0.3 is 10.1 Å². The highest BCUT2D eigenvalue weighted by Gasteiger charge is 2.36. The first-order chi connectivity index (χ1) is 8.14. The van der Waals surface area contributed by atoms with Crippen molar-refractivity contribution in [3.05, 3.63) is 11.9 Å². The predicted molar refractivity (Wildman–Crippen MR) is 65.8 cm³/mol. The monoisotopic (exact) mass is 238 g/mol. The topological polar surface area (TPSA) is 52.0 Å². The van der Waals surface area contributed by atoms with Crippen molar-refractivity contribution in [3.63, 3.8) is 0 Å². The van der Waals surface area contributed by atoms with Crippen molar-refractivity contribution >= 4 is 0 Å². The maximum absolute atomic E-state index is 5.98. The van der Waals surface area contributed by atoms with Crippen LogP contribution < -0.4 is 5.32 Å². The number of hydrogen-bond donors (Lipinski definition) is 1. The molecule has 0 bridgehead atoms. The number of aryl methyl sites for hydroxylation is 1. The summed E-state index contributed by atoms with van der Waals surface area (Å²) in [5.41, 5.74) is 0.937. The molecular formula is C12H22N4O. The minimum atomic E-state index is -0.0788. The van der Waals surface area contributed by atoms with Crippen LogP contribution in [0.4, 0.5) is 0 Å². The lowest BCUT2D eigenvalue weighted by Crippen LogP contribution is -2.52. The highest BCUT2D eigenvalue weighted by Crippen LogP contribution is 2.29. The zero-order chi connectivity index (χ0) is 12.3. The van der Waals surface area contributed by atoms with E-state index >= 15 is 0 Å². The minimum absolute atomic E-state index is 0.0788. The van der Waals surface area contributed by atoms with Crippen LogP contribution in [0.3, 0.4) is 0 Å². The van der Waals surface area contributed by atoms with E-state index in [1.165, 1.54) is 12.8 Å². The van der Waals surface area contributed by atoms with E-state index in [0.29, 0.717) is 6.04 Å². The summed E-state index contributed by atoms with van der Waals surface area (Å²) >= 11 is 0. The standard InChI is InChI=1S/C12H22N4O/c1-12(6-4-5-7-17-12)11(13-2)8-10-9-16(3)15-14-10/h9,11,13H,4-8H2,1-3H3. The van der Waals surface area contributed by atoms with E-state index in [1.54, 1.807) is 4.68 Å². The van der Waals surface area contributed by atoms with Crippen LogP contribution in [-0.2, 0) is 18.2 Å². The van der Waals surface area contributed by atoms with Crippen LogP contribution in [-0.4, -0.2) is 40.3 Å². The fourth-order valence-electron chi connectivity index (χ4n) is 2.55. The summed E-state index contributed by atoms with van der Waals surface area (Å²) in [5.74, 6) is 0. The van der Waals surface area contributed by atoms with Crippen LogP contribution >= 0.6 is 0 Å². The first-order valence-electron chi connectivity index (χ1n) is 6.30. The van der Waals surface area contributed by atoms with E-state index in [4.69, 9.17) is 4.74 Å². The van der Waals surface area contributed by atoms with Gasteiger partial charge in [0.1, 0.15) is 0 Å². The Morgan fingerprint density at radius 2 is 2.41 bits per heavy atom. The summed E-state index contributed by atoms with van der Waals surface area (Å²) in [6.07, 6.45) is 6.36. The molecule has 2 rings (SSSR count). The van der Waals surface area contributed by atoms with E-state index in [1.807, 2.05) is 20.3 Å². The van der Waals surface area contributed by atoms with E-state index in [9.17, 15) is 0 Å². The highest BCUT2D eigenvalue weighted by atomic mass is 16.5. The smallest absolute Gasteiger partial charge is 0.0843 e. The summed E-state index contributed by atoms with van der Waals surface area (Å²) in [7, 11) is 3.88. The quantitative estimate of drug-likeness (QED) is 0.847. The van der Waals surface area contributed by atoms with E-state index in [0.717, 1.165) is 25.1 Å². The van der Waals surface area contributed by atoms with Crippen LogP contribution in [0, 0.1) is 0 Å². The Hall–Kier alpha value is -0.940. The molecule has 5 heteroatoms. The SMILES string of the molecule is CNC(Cc1cn(C)nn1)C1(C)CCCCO1. The predicted octanol–water partition coefficient (Wildman–Crippen LogP) is 0.905. The number of ether oxygens (including phenoxy) is 1. The van der Waals surface area contributed by atoms with E-state index < -0.39 is 0 Å². The van der Waals surface area contributed by atoms with Crippen molar-refractivity contribution in [1.82, 2.24) is 20.3 Å². The fraction of sp³-hybridized carbons (Fsp3) is 0.833. The molecule has 17 heavy (non-hydrogen) atoms. The molecule has 1 aliphatic rings. The van der Waals surface area contributed by atoms with Crippen LogP contribution in [0.25, 0.3) is 0 Å². The lowest BCUT2D eigenvalue weighted by atomic mass is 9.86. The average molecular weight is 238 g/mol. The van der Waals surface area contributed by atoms with Crippen molar-refractivity contribution in [3.8, 4) is 0 Å². The van der Waals surface area contributed by atoms with Crippen molar-refractivity contribution < 1.29 is 4.74 Å². The first-order valence-corrected chi connectivity index (χ1v) is 6.30. The number of aromatic nitrogens is 3. The Balaban J connectivity index is 2.05. The average Bonchev–Trinajstić information content (AvgIpc) is 2.72. The van der Waals surface area contributed by atoms with Gasteiger partial charge in [-0.1, -0.05) is 5.21 Å². The van der Waals surface area contributed by atoms with Crippen molar-refractivity contribution in [1.29, 1.82) is 0 Å². The Morgan fingerprint density at radius 3 is 2.94 bits per heavy atom. The molecule has 0 aliphatic carbocycles. The molecule has 1 aromatic heterocycles. The van der Waals surface area contributed by atoms with Gasteiger partial charge in [0.05, 0.1) is 11.3 Å². The molecule has 0 aromatic carbocycles. The normalized spacial score (nSPS) is 27.0. The Labute approximate surface area is 103 Å². The maximum Gasteiger partial charge on any atom is 0.0843 e. The molecule has 1 N–H and O–H groups in total. The second-order valence-electron chi connectivity index (χ2n) is 5.05. The van der Waals surface area contributed by atoms with Gasteiger partial charge in [0.15, 0.2) is 0 Å². The molecule has 1 aliphatic heterocycles. The summed E-state index contributed by atoms with van der Waals surface area (Å²) in [6, 6.07) is 0.291. The molecule has 0 radical (unpaired) electrons. The van der Waals surface area contributed by atoms with Gasteiger partial charge in [-0.15, -0.1) is 5.10 Å². The zero-order valence-corrected chi connectivity index (χ0v) is 10.9. The molecular weight excluding hydrogens is 216 g/mol. The maximum atomic E-state index is 5.98. The molecule has 1 aromatic rings. The number of rotatable bonds is 4. The van der Waals surface area contributed by atoms with Gasteiger partial charge in [-0.25, -0.2) is 0 Å². The second kappa shape index (κ2) is 5.14. The summed E-state index contributed by atoms with van der Waals surface area (Å²) < 4.78 is 7.72. The minimum Gasteiger partial charge on any atom is -0.374 e. The van der Waals surface area contributed by atoms with Gasteiger partial charge in [-0.05, 0) is 33.2 Å². The highest BCUT2D eigenvalue weighted by molar-refractivity contribution is 5.02. The lowest BCUT2D eigenvalue weighted by molar-refractivity contribution is -0.0872. The molecule has 96 valence electrons.